The minimum Gasteiger partial charge on any atom is -0.488 e. The first-order chi connectivity index (χ1) is 15.6. The molecule has 2 aliphatic rings. The number of ether oxygens (including phenoxy) is 3. The zero-order valence-electron chi connectivity index (χ0n) is 16.8. The van der Waals surface area contributed by atoms with Gasteiger partial charge in [0.25, 0.3) is 0 Å². The summed E-state index contributed by atoms with van der Waals surface area (Å²) in [5, 5.41) is 0. The highest BCUT2D eigenvalue weighted by Crippen LogP contribution is 2.35. The van der Waals surface area contributed by atoms with Crippen LogP contribution in [0.1, 0.15) is 26.3 Å². The molecule has 0 amide bonds. The molecular formula is C26H17BrO5. The molecule has 0 aliphatic carbocycles. The van der Waals surface area contributed by atoms with Gasteiger partial charge in [-0.25, -0.2) is 0 Å². The lowest BCUT2D eigenvalue weighted by atomic mass is 10.1. The summed E-state index contributed by atoms with van der Waals surface area (Å²) in [6.45, 7) is 0.251. The molecule has 0 spiro atoms. The van der Waals surface area contributed by atoms with Crippen LogP contribution in [0.4, 0.5) is 0 Å². The molecule has 0 aromatic heterocycles. The first kappa shape index (κ1) is 20.3. The van der Waals surface area contributed by atoms with Gasteiger partial charge in [-0.2, -0.15) is 0 Å². The number of carbonyl (C=O) groups is 2. The van der Waals surface area contributed by atoms with Gasteiger partial charge in [-0.15, -0.1) is 0 Å². The Kier molecular flexibility index (Phi) is 5.37. The van der Waals surface area contributed by atoms with E-state index < -0.39 is 0 Å². The third-order valence-corrected chi connectivity index (χ3v) is 5.68. The third kappa shape index (κ3) is 4.09. The largest absolute Gasteiger partial charge is 0.488 e. The van der Waals surface area contributed by atoms with E-state index in [9.17, 15) is 9.59 Å². The van der Waals surface area contributed by atoms with E-state index >= 15 is 0 Å². The van der Waals surface area contributed by atoms with Gasteiger partial charge in [-0.3, -0.25) is 9.59 Å². The standard InChI is InChI=1S/C26H17BrO5/c27-19-7-5-17(6-8-19)22(28)15-30-20-9-10-21-24(13-20)32-25(26(21)29)12-16-11-18-3-1-2-4-23(18)31-14-16/h1-13H,14-15H2/b25-12-. The van der Waals surface area contributed by atoms with Crippen molar-refractivity contribution >= 4 is 33.6 Å². The molecule has 2 heterocycles. The summed E-state index contributed by atoms with van der Waals surface area (Å²) in [5.41, 5.74) is 2.83. The van der Waals surface area contributed by atoms with Crippen LogP contribution in [0.5, 0.6) is 17.2 Å². The Morgan fingerprint density at radius 3 is 2.69 bits per heavy atom. The van der Waals surface area contributed by atoms with Gasteiger partial charge in [-0.1, -0.05) is 46.3 Å². The molecule has 6 heteroatoms. The maximum Gasteiger partial charge on any atom is 0.231 e. The number of carbonyl (C=O) groups excluding carboxylic acids is 2. The summed E-state index contributed by atoms with van der Waals surface area (Å²) in [6, 6.07) is 19.7. The van der Waals surface area contributed by atoms with Crippen molar-refractivity contribution in [2.24, 2.45) is 0 Å². The van der Waals surface area contributed by atoms with Crippen molar-refractivity contribution in [2.45, 2.75) is 0 Å². The summed E-state index contributed by atoms with van der Waals surface area (Å²) in [5.74, 6) is 1.58. The summed E-state index contributed by atoms with van der Waals surface area (Å²) in [6.07, 6.45) is 3.68. The van der Waals surface area contributed by atoms with E-state index in [1.54, 1.807) is 48.5 Å². The molecule has 32 heavy (non-hydrogen) atoms. The second kappa shape index (κ2) is 8.48. The van der Waals surface area contributed by atoms with Gasteiger partial charge in [0.05, 0.1) is 5.56 Å². The fourth-order valence-corrected chi connectivity index (χ4v) is 3.77. The molecule has 0 radical (unpaired) electrons. The van der Waals surface area contributed by atoms with Crippen LogP contribution in [0.25, 0.3) is 6.08 Å². The monoisotopic (exact) mass is 488 g/mol. The number of benzene rings is 3. The fraction of sp³-hybridized carbons (Fsp3) is 0.0769. The molecule has 0 saturated carbocycles. The van der Waals surface area contributed by atoms with Gasteiger partial charge in [-0.05, 0) is 48.1 Å². The average molecular weight is 489 g/mol. The van der Waals surface area contributed by atoms with Crippen LogP contribution in [0.3, 0.4) is 0 Å². The van der Waals surface area contributed by atoms with Gasteiger partial charge in [0.1, 0.15) is 23.9 Å². The van der Waals surface area contributed by atoms with E-state index in [1.165, 1.54) is 0 Å². The van der Waals surface area contributed by atoms with Crippen LogP contribution in [0.15, 0.2) is 88.6 Å². The molecule has 0 fully saturated rings. The van der Waals surface area contributed by atoms with Crippen molar-refractivity contribution in [1.82, 2.24) is 0 Å². The van der Waals surface area contributed by atoms with Gasteiger partial charge >= 0.3 is 0 Å². The van der Waals surface area contributed by atoms with E-state index in [4.69, 9.17) is 14.2 Å². The highest BCUT2D eigenvalue weighted by Gasteiger charge is 2.28. The minimum absolute atomic E-state index is 0.110. The van der Waals surface area contributed by atoms with E-state index in [2.05, 4.69) is 15.9 Å². The Bertz CT molecular complexity index is 1290. The molecule has 158 valence electrons. The summed E-state index contributed by atoms with van der Waals surface area (Å²) < 4.78 is 18.1. The molecule has 0 bridgehead atoms. The maximum atomic E-state index is 12.7. The van der Waals surface area contributed by atoms with E-state index in [-0.39, 0.29) is 23.9 Å². The lowest BCUT2D eigenvalue weighted by Crippen LogP contribution is -2.11. The summed E-state index contributed by atoms with van der Waals surface area (Å²) >= 11 is 3.35. The lowest BCUT2D eigenvalue weighted by Gasteiger charge is -2.15. The van der Waals surface area contributed by atoms with Crippen LogP contribution in [0.2, 0.25) is 0 Å². The van der Waals surface area contributed by atoms with Crippen molar-refractivity contribution in [3.05, 3.63) is 105 Å². The Hall–Kier alpha value is -3.64. The number of hydrogen-bond acceptors (Lipinski definition) is 5. The molecule has 3 aromatic rings. The number of hydrogen-bond donors (Lipinski definition) is 0. The molecule has 2 aliphatic heterocycles. The van der Waals surface area contributed by atoms with Crippen LogP contribution in [0, 0.1) is 0 Å². The van der Waals surface area contributed by atoms with E-state index in [0.717, 1.165) is 21.4 Å². The zero-order valence-corrected chi connectivity index (χ0v) is 18.4. The summed E-state index contributed by atoms with van der Waals surface area (Å²) in [7, 11) is 0. The van der Waals surface area contributed by atoms with Crippen molar-refractivity contribution in [3.8, 4) is 17.2 Å². The Morgan fingerprint density at radius 2 is 1.84 bits per heavy atom. The van der Waals surface area contributed by atoms with Crippen LogP contribution < -0.4 is 14.2 Å². The number of para-hydroxylation sites is 1. The van der Waals surface area contributed by atoms with Gasteiger partial charge in [0.2, 0.25) is 5.78 Å². The number of ketones is 2. The zero-order chi connectivity index (χ0) is 22.1. The number of fused-ring (bicyclic) bond motifs is 2. The average Bonchev–Trinajstić information content (AvgIpc) is 3.12. The lowest BCUT2D eigenvalue weighted by molar-refractivity contribution is 0.0921. The number of halogens is 1. The SMILES string of the molecule is O=C(COc1ccc2c(c1)O/C(=C\C1=Cc3ccccc3OC1)C2=O)c1ccc(Br)cc1. The molecule has 0 saturated heterocycles. The maximum absolute atomic E-state index is 12.7. The smallest absolute Gasteiger partial charge is 0.231 e. The van der Waals surface area contributed by atoms with Crippen LogP contribution >= 0.6 is 15.9 Å². The predicted octanol–water partition coefficient (Wildman–Crippen LogP) is 5.65. The molecule has 0 atom stereocenters. The molecule has 3 aromatic carbocycles. The van der Waals surface area contributed by atoms with Crippen molar-refractivity contribution < 1.29 is 23.8 Å². The highest BCUT2D eigenvalue weighted by molar-refractivity contribution is 9.10. The highest BCUT2D eigenvalue weighted by atomic mass is 79.9. The van der Waals surface area contributed by atoms with Gasteiger partial charge < -0.3 is 14.2 Å². The first-order valence-corrected chi connectivity index (χ1v) is 10.8. The number of Topliss-reactive ketones (excluding diaryl/α,β-unsaturated/α-hetero) is 2. The number of rotatable bonds is 5. The molecule has 0 unspecified atom stereocenters. The normalized spacial score (nSPS) is 15.3. The van der Waals surface area contributed by atoms with E-state index in [1.807, 2.05) is 30.3 Å². The Labute approximate surface area is 193 Å². The van der Waals surface area contributed by atoms with Gasteiger partial charge in [0, 0.05) is 21.7 Å². The second-order valence-corrected chi connectivity index (χ2v) is 8.28. The number of allylic oxidation sites excluding steroid dienone is 1. The topological polar surface area (TPSA) is 61.8 Å². The molecule has 5 nitrogen and oxygen atoms in total. The molecule has 0 N–H and O–H groups in total. The van der Waals surface area contributed by atoms with Crippen LogP contribution in [-0.4, -0.2) is 24.8 Å². The van der Waals surface area contributed by atoms with Gasteiger partial charge in [0.15, 0.2) is 18.1 Å². The second-order valence-electron chi connectivity index (χ2n) is 7.36. The van der Waals surface area contributed by atoms with Crippen molar-refractivity contribution in [1.29, 1.82) is 0 Å². The fourth-order valence-electron chi connectivity index (χ4n) is 3.51. The first-order valence-electron chi connectivity index (χ1n) is 9.99. The summed E-state index contributed by atoms with van der Waals surface area (Å²) in [4.78, 5) is 25.1. The van der Waals surface area contributed by atoms with Crippen molar-refractivity contribution in [3.63, 3.8) is 0 Å². The van der Waals surface area contributed by atoms with Crippen molar-refractivity contribution in [2.75, 3.05) is 13.2 Å². The van der Waals surface area contributed by atoms with E-state index in [0.29, 0.717) is 29.2 Å². The molecule has 5 rings (SSSR count). The predicted molar refractivity (Wildman–Crippen MR) is 123 cm³/mol. The third-order valence-electron chi connectivity index (χ3n) is 5.15. The van der Waals surface area contributed by atoms with Crippen LogP contribution in [-0.2, 0) is 0 Å². The Morgan fingerprint density at radius 1 is 1.03 bits per heavy atom. The quantitative estimate of drug-likeness (QED) is 0.343. The Balaban J connectivity index is 1.29. The molecular weight excluding hydrogens is 472 g/mol. The minimum atomic E-state index is -0.197.